The van der Waals surface area contributed by atoms with E-state index in [-0.39, 0.29) is 11.6 Å². The molecular weight excluding hydrogens is 432 g/mol. The third-order valence-corrected chi connectivity index (χ3v) is 5.91. The van der Waals surface area contributed by atoms with Crippen LogP contribution >= 0.6 is 0 Å². The van der Waals surface area contributed by atoms with E-state index in [1.165, 1.54) is 24.3 Å². The number of hydroxylamine groups is 2. The molecule has 0 amide bonds. The first-order valence-corrected chi connectivity index (χ1v) is 11.7. The molecule has 170 valence electrons. The van der Waals surface area contributed by atoms with E-state index in [0.717, 1.165) is 31.9 Å². The Morgan fingerprint density at radius 1 is 1.12 bits per heavy atom. The lowest BCUT2D eigenvalue weighted by molar-refractivity contribution is -0.0652. The average molecular weight is 459 g/mol. The lowest BCUT2D eigenvalue weighted by Gasteiger charge is -2.36. The standard InChI is InChI=1S/C20H26N8O3S/c1-31-27-15-23-19(26-12-10-22-11-13-26)24-20(27)28(25-16-6-3-2-4-7-16)17-8-5-9-18(14-17)32(21,29)30/h2-9,14,22,25H,10-13,15H2,1H3,(H2,21,29,30). The molecule has 4 rings (SSSR count). The maximum Gasteiger partial charge on any atom is 0.254 e. The Labute approximate surface area is 187 Å². The molecule has 0 radical (unpaired) electrons. The number of anilines is 2. The Bertz CT molecular complexity index is 1100. The van der Waals surface area contributed by atoms with Crippen molar-refractivity contribution in [2.45, 2.75) is 4.90 Å². The molecule has 12 heteroatoms. The minimum absolute atomic E-state index is 0.00812. The van der Waals surface area contributed by atoms with Gasteiger partial charge in [-0.25, -0.2) is 23.6 Å². The van der Waals surface area contributed by atoms with E-state index in [4.69, 9.17) is 15.0 Å². The highest BCUT2D eigenvalue weighted by Crippen LogP contribution is 2.23. The maximum absolute atomic E-state index is 12.0. The first kappa shape index (κ1) is 22.0. The van der Waals surface area contributed by atoms with E-state index in [0.29, 0.717) is 17.6 Å². The fraction of sp³-hybridized carbons (Fsp3) is 0.300. The van der Waals surface area contributed by atoms with Crippen molar-refractivity contribution in [1.29, 1.82) is 0 Å². The molecule has 2 heterocycles. The van der Waals surface area contributed by atoms with Gasteiger partial charge in [-0.15, -0.1) is 0 Å². The number of hydrogen-bond acceptors (Lipinski definition) is 10. The van der Waals surface area contributed by atoms with Crippen LogP contribution in [-0.2, 0) is 14.9 Å². The van der Waals surface area contributed by atoms with Crippen molar-refractivity contribution in [3.63, 3.8) is 0 Å². The number of primary sulfonamides is 1. The molecule has 0 spiro atoms. The largest absolute Gasteiger partial charge is 0.338 e. The minimum Gasteiger partial charge on any atom is -0.338 e. The van der Waals surface area contributed by atoms with Gasteiger partial charge in [0, 0.05) is 26.2 Å². The van der Waals surface area contributed by atoms with E-state index in [1.54, 1.807) is 17.1 Å². The quantitative estimate of drug-likeness (QED) is 0.557. The summed E-state index contributed by atoms with van der Waals surface area (Å²) in [7, 11) is -2.36. The Morgan fingerprint density at radius 3 is 2.56 bits per heavy atom. The molecular formula is C20H26N8O3S. The summed E-state index contributed by atoms with van der Waals surface area (Å²) in [4.78, 5) is 16.9. The van der Waals surface area contributed by atoms with Crippen LogP contribution in [0, 0.1) is 0 Å². The number of para-hydroxylation sites is 1. The predicted octanol–water partition coefficient (Wildman–Crippen LogP) is 0.619. The fourth-order valence-corrected chi connectivity index (χ4v) is 3.93. The SMILES string of the molecule is CON1CN=C(N2CCNCC2)N=C1N(Nc1ccccc1)c1cccc(S(N)(=O)=O)c1. The van der Waals surface area contributed by atoms with Crippen molar-refractivity contribution < 1.29 is 13.3 Å². The van der Waals surface area contributed by atoms with Gasteiger partial charge in [0.15, 0.2) is 0 Å². The summed E-state index contributed by atoms with van der Waals surface area (Å²) in [6.07, 6.45) is 0. The van der Waals surface area contributed by atoms with Gasteiger partial charge in [-0.2, -0.15) is 10.1 Å². The zero-order valence-corrected chi connectivity index (χ0v) is 18.5. The van der Waals surface area contributed by atoms with Gasteiger partial charge in [0.25, 0.3) is 5.96 Å². The highest BCUT2D eigenvalue weighted by Gasteiger charge is 2.28. The molecule has 2 aromatic carbocycles. The zero-order valence-electron chi connectivity index (χ0n) is 17.7. The number of benzene rings is 2. The predicted molar refractivity (Wildman–Crippen MR) is 123 cm³/mol. The normalized spacial score (nSPS) is 16.9. The molecule has 0 atom stereocenters. The fourth-order valence-electron chi connectivity index (χ4n) is 3.38. The van der Waals surface area contributed by atoms with Crippen molar-refractivity contribution in [2.24, 2.45) is 15.1 Å². The van der Waals surface area contributed by atoms with Gasteiger partial charge in [-0.05, 0) is 30.3 Å². The van der Waals surface area contributed by atoms with Crippen LogP contribution in [0.25, 0.3) is 0 Å². The van der Waals surface area contributed by atoms with Crippen LogP contribution in [-0.4, -0.2) is 70.3 Å². The van der Waals surface area contributed by atoms with Crippen LogP contribution < -0.4 is 20.9 Å². The Morgan fingerprint density at radius 2 is 1.88 bits per heavy atom. The van der Waals surface area contributed by atoms with Gasteiger partial charge in [0.2, 0.25) is 16.0 Å². The topological polar surface area (TPSA) is 128 Å². The molecule has 2 aliphatic rings. The van der Waals surface area contributed by atoms with Crippen LogP contribution in [0.4, 0.5) is 11.4 Å². The molecule has 0 aromatic heterocycles. The third kappa shape index (κ3) is 4.99. The number of nitrogens with one attached hydrogen (secondary N) is 2. The molecule has 0 aliphatic carbocycles. The number of guanidine groups is 2. The molecule has 0 bridgehead atoms. The molecule has 2 aromatic rings. The van der Waals surface area contributed by atoms with Gasteiger partial charge in [-0.1, -0.05) is 24.3 Å². The first-order valence-electron chi connectivity index (χ1n) is 10.1. The molecule has 1 saturated heterocycles. The lowest BCUT2D eigenvalue weighted by atomic mass is 10.3. The summed E-state index contributed by atoms with van der Waals surface area (Å²) in [5.41, 5.74) is 4.58. The summed E-state index contributed by atoms with van der Waals surface area (Å²) in [6.45, 7) is 3.50. The summed E-state index contributed by atoms with van der Waals surface area (Å²) < 4.78 is 23.9. The van der Waals surface area contributed by atoms with E-state index in [2.05, 4.69) is 20.6 Å². The highest BCUT2D eigenvalue weighted by atomic mass is 32.2. The van der Waals surface area contributed by atoms with Crippen LogP contribution in [0.1, 0.15) is 0 Å². The second-order valence-corrected chi connectivity index (χ2v) is 8.73. The number of hydrogen-bond donors (Lipinski definition) is 3. The van der Waals surface area contributed by atoms with E-state index in [1.807, 2.05) is 30.3 Å². The van der Waals surface area contributed by atoms with Crippen molar-refractivity contribution in [2.75, 3.05) is 50.4 Å². The summed E-state index contributed by atoms with van der Waals surface area (Å²) >= 11 is 0. The molecule has 32 heavy (non-hydrogen) atoms. The van der Waals surface area contributed by atoms with Gasteiger partial charge >= 0.3 is 0 Å². The van der Waals surface area contributed by atoms with Crippen LogP contribution in [0.3, 0.4) is 0 Å². The van der Waals surface area contributed by atoms with Crippen molar-refractivity contribution in [1.82, 2.24) is 15.3 Å². The molecule has 2 aliphatic heterocycles. The van der Waals surface area contributed by atoms with Crippen LogP contribution in [0.15, 0.2) is 69.5 Å². The zero-order chi connectivity index (χ0) is 22.6. The Kier molecular flexibility index (Phi) is 6.55. The van der Waals surface area contributed by atoms with Crippen molar-refractivity contribution in [3.8, 4) is 0 Å². The van der Waals surface area contributed by atoms with Crippen molar-refractivity contribution >= 4 is 33.3 Å². The number of sulfonamides is 1. The lowest BCUT2D eigenvalue weighted by Crippen LogP contribution is -2.53. The smallest absolute Gasteiger partial charge is 0.254 e. The number of piperazine rings is 1. The minimum atomic E-state index is -3.89. The maximum atomic E-state index is 12.0. The van der Waals surface area contributed by atoms with E-state index in [9.17, 15) is 8.42 Å². The molecule has 1 fully saturated rings. The second kappa shape index (κ2) is 9.53. The number of aliphatic imine (C=N–C) groups is 2. The molecule has 0 unspecified atom stereocenters. The summed E-state index contributed by atoms with van der Waals surface area (Å²) in [6, 6.07) is 15.8. The highest BCUT2D eigenvalue weighted by molar-refractivity contribution is 7.89. The van der Waals surface area contributed by atoms with Gasteiger partial charge in [-0.3, -0.25) is 10.3 Å². The van der Waals surface area contributed by atoms with E-state index < -0.39 is 10.0 Å². The summed E-state index contributed by atoms with van der Waals surface area (Å²) in [5.74, 6) is 1.00. The number of hydrazine groups is 1. The molecule has 11 nitrogen and oxygen atoms in total. The van der Waals surface area contributed by atoms with Gasteiger partial charge in [0.05, 0.1) is 23.4 Å². The second-order valence-electron chi connectivity index (χ2n) is 7.17. The van der Waals surface area contributed by atoms with Crippen molar-refractivity contribution in [3.05, 3.63) is 54.6 Å². The molecule has 4 N–H and O–H groups in total. The van der Waals surface area contributed by atoms with Gasteiger partial charge in [0.1, 0.15) is 6.67 Å². The summed E-state index contributed by atoms with van der Waals surface area (Å²) in [5, 5.41) is 11.9. The third-order valence-electron chi connectivity index (χ3n) is 5.00. The van der Waals surface area contributed by atoms with Crippen LogP contribution in [0.2, 0.25) is 0 Å². The number of nitrogens with two attached hydrogens (primary N) is 1. The van der Waals surface area contributed by atoms with Crippen LogP contribution in [0.5, 0.6) is 0 Å². The molecule has 0 saturated carbocycles. The average Bonchev–Trinajstić information content (AvgIpc) is 2.83. The number of rotatable bonds is 5. The number of nitrogens with zero attached hydrogens (tertiary/aromatic N) is 5. The van der Waals surface area contributed by atoms with Gasteiger partial charge < -0.3 is 10.2 Å². The monoisotopic (exact) mass is 458 g/mol. The Balaban J connectivity index is 1.77. The first-order chi connectivity index (χ1) is 15.5. The Hall–Kier alpha value is -3.19. The van der Waals surface area contributed by atoms with E-state index >= 15 is 0 Å².